The van der Waals surface area contributed by atoms with Gasteiger partial charge in [-0.25, -0.2) is 14.4 Å². The molecule has 464 valence electrons. The van der Waals surface area contributed by atoms with E-state index >= 15 is 0 Å². The molecule has 3 amide bonds. The van der Waals surface area contributed by atoms with Crippen molar-refractivity contribution in [3.8, 4) is 5.75 Å². The Morgan fingerprint density at radius 2 is 1.49 bits per heavy atom. The Morgan fingerprint density at radius 3 is 2.21 bits per heavy atom. The van der Waals surface area contributed by atoms with Crippen LogP contribution in [0.4, 0.5) is 16.2 Å². The number of rotatable bonds is 35. The standard InChI is InChI=1S/C69H93N7O10/c1-7-9-44-76-58-38-34-49(45-54(58)69(5,6)60(76)40-36-48-25-23-24-47(63(48)86-52-28-14-12-15-29-52)35-39-59-68(3,4)53-30-17-18-32-57(53)75(59)8-2)64(80)71-43-21-19-27-51-46-50(72-51)26-13-10-11-16-33-61(77)70-42-22-20-31-55(65(81)82)73-67(85)74-56(66(83)84)37-41-62(78)79/h12,14-15,17-18,28-30,32,34-36,38-40,45-46,51,55-56,64,71-72,80H,1,7-11,13,16,19-27,31,33,37,41-44H2,2-6H3,(H,70,77)(H,78,79)(H,81,82)(H,83,84)(H2,73,74,85). The van der Waals surface area contributed by atoms with Crippen LogP contribution in [0.3, 0.4) is 0 Å². The maximum absolute atomic E-state index is 12.4. The first-order chi connectivity index (χ1) is 41.3. The minimum atomic E-state index is -1.47. The third-order valence-electron chi connectivity index (χ3n) is 17.1. The Bertz CT molecular complexity index is 3050. The number of carboxylic acids is 3. The second-order valence-corrected chi connectivity index (χ2v) is 24.1. The monoisotopic (exact) mass is 1180 g/mol. The Hall–Kier alpha value is -7.50. The van der Waals surface area contributed by atoms with Crippen LogP contribution in [0, 0.1) is 6.92 Å². The normalized spacial score (nSPS) is 18.7. The number of fused-ring (bicyclic) bond motifs is 2. The number of ether oxygens (including phenoxy) is 1. The van der Waals surface area contributed by atoms with E-state index in [9.17, 15) is 39.3 Å². The number of anilines is 1. The number of carbonyl (C=O) groups excluding carboxylic acids is 2. The van der Waals surface area contributed by atoms with Gasteiger partial charge in [0, 0.05) is 72.2 Å². The molecule has 3 heterocycles. The third kappa shape index (κ3) is 17.8. The molecule has 4 aliphatic rings. The average molecular weight is 1180 g/mol. The van der Waals surface area contributed by atoms with Gasteiger partial charge < -0.3 is 58.3 Å². The van der Waals surface area contributed by atoms with Crippen molar-refractivity contribution in [2.24, 2.45) is 0 Å². The molecule has 0 aromatic heterocycles. The molecule has 0 bridgehead atoms. The molecule has 3 aromatic rings. The molecular formula is C69H93N7O10. The number of hydrogen-bond donors (Lipinski definition) is 9. The van der Waals surface area contributed by atoms with Gasteiger partial charge in [-0.2, -0.15) is 11.0 Å². The lowest BCUT2D eigenvalue weighted by molar-refractivity contribution is -0.438. The molecule has 0 radical (unpaired) electrons. The quantitative estimate of drug-likeness (QED) is 0.0115. The lowest BCUT2D eigenvalue weighted by Crippen LogP contribution is -2.51. The molecule has 86 heavy (non-hydrogen) atoms. The fourth-order valence-electron chi connectivity index (χ4n) is 12.2. The third-order valence-corrected chi connectivity index (χ3v) is 17.1. The second-order valence-electron chi connectivity index (χ2n) is 24.1. The number of aliphatic hydroxyl groups is 1. The summed E-state index contributed by atoms with van der Waals surface area (Å²) in [5.41, 5.74) is 11.5. The molecule has 3 aromatic carbocycles. The number of hydrogen-bond acceptors (Lipinski definition) is 10. The van der Waals surface area contributed by atoms with Gasteiger partial charge in [0.2, 0.25) is 11.6 Å². The van der Waals surface area contributed by atoms with Crippen LogP contribution in [-0.4, -0.2) is 105 Å². The summed E-state index contributed by atoms with van der Waals surface area (Å²) in [5.74, 6) is -2.26. The van der Waals surface area contributed by atoms with Crippen molar-refractivity contribution in [3.63, 3.8) is 0 Å². The summed E-state index contributed by atoms with van der Waals surface area (Å²) in [6.07, 6.45) is 23.6. The van der Waals surface area contributed by atoms with E-state index in [1.807, 2.05) is 30.3 Å². The molecule has 4 unspecified atom stereocenters. The maximum atomic E-state index is 12.4. The van der Waals surface area contributed by atoms with E-state index in [0.717, 1.165) is 114 Å². The number of carbonyl (C=O) groups is 5. The highest BCUT2D eigenvalue weighted by Crippen LogP contribution is 2.48. The predicted octanol–water partition coefficient (Wildman–Crippen LogP) is 11.7. The number of aliphatic carboxylic acids is 3. The van der Waals surface area contributed by atoms with Crippen LogP contribution < -0.4 is 36.2 Å². The topological polar surface area (TPSA) is 242 Å². The first-order valence-electron chi connectivity index (χ1n) is 31.2. The summed E-state index contributed by atoms with van der Waals surface area (Å²) >= 11 is 0. The Balaban J connectivity index is 0.826. The molecule has 7 rings (SSSR count). The smallest absolute Gasteiger partial charge is 0.326 e. The van der Waals surface area contributed by atoms with Crippen LogP contribution in [0.5, 0.6) is 5.75 Å². The van der Waals surface area contributed by atoms with E-state index in [4.69, 9.17) is 9.84 Å². The molecule has 0 spiro atoms. The van der Waals surface area contributed by atoms with Gasteiger partial charge in [-0.1, -0.05) is 69.2 Å². The number of urea groups is 1. The van der Waals surface area contributed by atoms with Crippen LogP contribution in [-0.2, 0) is 30.0 Å². The van der Waals surface area contributed by atoms with Gasteiger partial charge in [0.25, 0.3) is 0 Å². The number of benzene rings is 3. The molecule has 4 atom stereocenters. The first-order valence-corrected chi connectivity index (χ1v) is 31.2. The summed E-state index contributed by atoms with van der Waals surface area (Å²) in [6, 6.07) is 21.9. The molecule has 9 N–H and O–H groups in total. The first kappa shape index (κ1) is 66.0. The number of likely N-dealkylation sites (N-methyl/N-ethyl adjacent to an activating group) is 1. The van der Waals surface area contributed by atoms with Crippen molar-refractivity contribution < 1.29 is 53.7 Å². The highest BCUT2D eigenvalue weighted by Gasteiger charge is 2.45. The summed E-state index contributed by atoms with van der Waals surface area (Å²) in [4.78, 5) is 60.8. The van der Waals surface area contributed by atoms with Crippen LogP contribution in [0.2, 0.25) is 0 Å². The summed E-state index contributed by atoms with van der Waals surface area (Å²) < 4.78 is 9.32. The number of aliphatic hydroxyl groups excluding tert-OH is 1. The van der Waals surface area contributed by atoms with E-state index in [0.29, 0.717) is 38.4 Å². The highest BCUT2D eigenvalue weighted by molar-refractivity contribution is 6.03. The second kappa shape index (κ2) is 31.8. The molecule has 17 heteroatoms. The zero-order chi connectivity index (χ0) is 61.8. The number of carboxylic acid groups (broad SMARTS) is 3. The fraction of sp³-hybridized carbons (Fsp3) is 0.493. The average Bonchev–Trinajstić information content (AvgIpc) is 1.68. The van der Waals surface area contributed by atoms with Crippen molar-refractivity contribution >= 4 is 46.9 Å². The van der Waals surface area contributed by atoms with E-state index in [1.165, 1.54) is 50.8 Å². The largest absolute Gasteiger partial charge is 0.481 e. The van der Waals surface area contributed by atoms with E-state index < -0.39 is 48.7 Å². The number of nitrogens with one attached hydrogen (secondary N) is 5. The zero-order valence-corrected chi connectivity index (χ0v) is 51.2. The van der Waals surface area contributed by atoms with Crippen molar-refractivity contribution in [2.75, 3.05) is 31.1 Å². The van der Waals surface area contributed by atoms with Crippen LogP contribution >= 0.6 is 0 Å². The van der Waals surface area contributed by atoms with Crippen molar-refractivity contribution in [3.05, 3.63) is 155 Å². The number of unbranched alkanes of at least 4 members (excludes halogenated alkanes) is 6. The molecule has 0 saturated heterocycles. The van der Waals surface area contributed by atoms with Crippen LogP contribution in [0.25, 0.3) is 0 Å². The van der Waals surface area contributed by atoms with Crippen molar-refractivity contribution in [1.29, 1.82) is 0 Å². The Labute approximate surface area is 508 Å². The zero-order valence-electron chi connectivity index (χ0n) is 51.2. The lowest BCUT2D eigenvalue weighted by atomic mass is 9.80. The molecule has 0 saturated carbocycles. The van der Waals surface area contributed by atoms with E-state index in [-0.39, 0.29) is 29.6 Å². The minimum Gasteiger partial charge on any atom is -0.481 e. The van der Waals surface area contributed by atoms with Crippen molar-refractivity contribution in [1.82, 2.24) is 26.6 Å². The fourth-order valence-corrected chi connectivity index (χ4v) is 12.2. The van der Waals surface area contributed by atoms with Gasteiger partial charge in [0.15, 0.2) is 5.71 Å². The molecule has 17 nitrogen and oxygen atoms in total. The van der Waals surface area contributed by atoms with Gasteiger partial charge in [0.1, 0.15) is 36.4 Å². The SMILES string of the molecule is [CH2-]CCC[N+]1=C(C=CC2=C(Oc3ccccc3)C(=CC=C3N(CC)c4ccccc4C3(C)C)CCC2)C(C)(C)c2cc(C(O)NCCCCC3C=C(CCCCCCC(=O)NCCCCC(NC(=O)NC(CCC(=O)O)C(=O)O)C(=O)O)N3)ccc21. The number of nitrogens with zero attached hydrogens (tertiary/aromatic N) is 2. The molecule has 3 aliphatic heterocycles. The Kier molecular flexibility index (Phi) is 24.4. The molecular weight excluding hydrogens is 1090 g/mol. The summed E-state index contributed by atoms with van der Waals surface area (Å²) in [6.45, 7) is 18.4. The summed E-state index contributed by atoms with van der Waals surface area (Å²) in [5, 5.41) is 53.2. The molecule has 0 fully saturated rings. The predicted molar refractivity (Wildman–Crippen MR) is 337 cm³/mol. The van der Waals surface area contributed by atoms with Crippen LogP contribution in [0.1, 0.15) is 180 Å². The van der Waals surface area contributed by atoms with Gasteiger partial charge in [-0.15, -0.1) is 0 Å². The molecule has 1 aliphatic carbocycles. The van der Waals surface area contributed by atoms with Gasteiger partial charge in [0.05, 0.1) is 5.41 Å². The van der Waals surface area contributed by atoms with Gasteiger partial charge in [-0.3, -0.25) is 14.9 Å². The van der Waals surface area contributed by atoms with Crippen molar-refractivity contribution in [2.45, 2.75) is 192 Å². The number of amides is 3. The maximum Gasteiger partial charge on any atom is 0.326 e. The Morgan fingerprint density at radius 1 is 0.779 bits per heavy atom. The van der Waals surface area contributed by atoms with Crippen LogP contribution in [0.15, 0.2) is 131 Å². The number of para-hydroxylation sites is 2. The van der Waals surface area contributed by atoms with Gasteiger partial charge >= 0.3 is 23.9 Å². The lowest BCUT2D eigenvalue weighted by Gasteiger charge is -2.29. The van der Waals surface area contributed by atoms with Gasteiger partial charge in [-0.05, 0) is 188 Å². The highest BCUT2D eigenvalue weighted by atomic mass is 16.5. The van der Waals surface area contributed by atoms with E-state index in [1.54, 1.807) is 0 Å². The van der Waals surface area contributed by atoms with E-state index in [2.05, 4.69) is 150 Å². The number of allylic oxidation sites excluding steroid dienone is 8. The summed E-state index contributed by atoms with van der Waals surface area (Å²) in [7, 11) is 0. The minimum absolute atomic E-state index is 0.0655.